The first-order valence-electron chi connectivity index (χ1n) is 6.27. The average Bonchev–Trinajstić information content (AvgIpc) is 2.25. The Morgan fingerprint density at radius 1 is 1.24 bits per heavy atom. The molecule has 2 atom stereocenters. The lowest BCUT2D eigenvalue weighted by atomic mass is 10.0. The Kier molecular flexibility index (Phi) is 8.60. The minimum absolute atomic E-state index is 0.00483. The van der Waals surface area contributed by atoms with Gasteiger partial charge in [-0.25, -0.2) is 0 Å². The quantitative estimate of drug-likeness (QED) is 0.680. The first-order chi connectivity index (χ1) is 7.94. The first-order valence-corrected chi connectivity index (χ1v) is 6.27. The van der Waals surface area contributed by atoms with Gasteiger partial charge in [0.15, 0.2) is 0 Å². The minimum atomic E-state index is -4.05. The molecule has 0 radical (unpaired) electrons. The highest BCUT2D eigenvalue weighted by molar-refractivity contribution is 4.76. The number of ether oxygens (including phenoxy) is 1. The van der Waals surface area contributed by atoms with Crippen LogP contribution in [0.25, 0.3) is 0 Å². The molecule has 0 amide bonds. The van der Waals surface area contributed by atoms with Gasteiger partial charge in [0.2, 0.25) is 0 Å². The van der Waals surface area contributed by atoms with Crippen LogP contribution in [-0.2, 0) is 4.74 Å². The summed E-state index contributed by atoms with van der Waals surface area (Å²) >= 11 is 0. The summed E-state index contributed by atoms with van der Waals surface area (Å²) in [7, 11) is 1.61. The molecule has 1 N–H and O–H groups in total. The molecule has 0 saturated carbocycles. The van der Waals surface area contributed by atoms with Crippen molar-refractivity contribution in [2.24, 2.45) is 0 Å². The Morgan fingerprint density at radius 2 is 1.88 bits per heavy atom. The smallest absolute Gasteiger partial charge is 0.380 e. The van der Waals surface area contributed by atoms with Crippen LogP contribution in [0.2, 0.25) is 0 Å². The van der Waals surface area contributed by atoms with Crippen LogP contribution in [0, 0.1) is 0 Å². The van der Waals surface area contributed by atoms with Crippen LogP contribution in [0.15, 0.2) is 0 Å². The Balaban J connectivity index is 4.09. The van der Waals surface area contributed by atoms with E-state index in [1.165, 1.54) is 0 Å². The summed E-state index contributed by atoms with van der Waals surface area (Å²) < 4.78 is 41.5. The highest BCUT2D eigenvalue weighted by atomic mass is 19.4. The molecule has 0 rings (SSSR count). The van der Waals surface area contributed by atoms with Gasteiger partial charge < -0.3 is 10.1 Å². The fourth-order valence-electron chi connectivity index (χ4n) is 1.89. The van der Waals surface area contributed by atoms with E-state index in [4.69, 9.17) is 4.74 Å². The molecular formula is C12H24F3NO. The Labute approximate surface area is 102 Å². The van der Waals surface area contributed by atoms with E-state index >= 15 is 0 Å². The van der Waals surface area contributed by atoms with Crippen LogP contribution >= 0.6 is 0 Å². The van der Waals surface area contributed by atoms with Crippen molar-refractivity contribution in [3.05, 3.63) is 0 Å². The van der Waals surface area contributed by atoms with Gasteiger partial charge in [-0.3, -0.25) is 0 Å². The van der Waals surface area contributed by atoms with Crippen LogP contribution in [0.5, 0.6) is 0 Å². The monoisotopic (exact) mass is 255 g/mol. The highest BCUT2D eigenvalue weighted by Crippen LogP contribution is 2.23. The largest absolute Gasteiger partial charge is 0.389 e. The summed E-state index contributed by atoms with van der Waals surface area (Å²) in [5, 5.41) is 3.27. The number of rotatable bonds is 9. The lowest BCUT2D eigenvalue weighted by Crippen LogP contribution is -2.41. The summed E-state index contributed by atoms with van der Waals surface area (Å²) in [5.74, 6) is 0. The van der Waals surface area contributed by atoms with Crippen molar-refractivity contribution in [2.75, 3.05) is 13.7 Å². The molecule has 2 unspecified atom stereocenters. The van der Waals surface area contributed by atoms with E-state index in [1.807, 2.05) is 13.8 Å². The molecule has 0 saturated heterocycles. The average molecular weight is 255 g/mol. The third-order valence-corrected chi connectivity index (χ3v) is 2.79. The zero-order chi connectivity index (χ0) is 13.3. The Morgan fingerprint density at radius 3 is 2.29 bits per heavy atom. The molecule has 0 aliphatic carbocycles. The first kappa shape index (κ1) is 16.7. The van der Waals surface area contributed by atoms with Gasteiger partial charge in [-0.05, 0) is 32.2 Å². The molecule has 0 aliphatic heterocycles. The van der Waals surface area contributed by atoms with Gasteiger partial charge in [0.1, 0.15) is 0 Å². The van der Waals surface area contributed by atoms with Gasteiger partial charge in [-0.1, -0.05) is 13.8 Å². The normalized spacial score (nSPS) is 15.9. The van der Waals surface area contributed by atoms with Gasteiger partial charge in [0, 0.05) is 19.6 Å². The van der Waals surface area contributed by atoms with Crippen LogP contribution < -0.4 is 5.32 Å². The Bertz CT molecular complexity index is 181. The lowest BCUT2D eigenvalue weighted by molar-refractivity contribution is -0.136. The van der Waals surface area contributed by atoms with E-state index in [9.17, 15) is 13.2 Å². The third-order valence-electron chi connectivity index (χ3n) is 2.79. The minimum Gasteiger partial charge on any atom is -0.380 e. The van der Waals surface area contributed by atoms with Crippen LogP contribution in [-0.4, -0.2) is 32.0 Å². The van der Waals surface area contributed by atoms with Crippen molar-refractivity contribution in [1.82, 2.24) is 5.32 Å². The second-order valence-electron chi connectivity index (χ2n) is 4.25. The molecule has 0 heterocycles. The van der Waals surface area contributed by atoms with Crippen LogP contribution in [0.1, 0.15) is 46.0 Å². The van der Waals surface area contributed by atoms with E-state index in [2.05, 4.69) is 5.32 Å². The molecule has 0 bridgehead atoms. The highest BCUT2D eigenvalue weighted by Gasteiger charge is 2.27. The maximum atomic E-state index is 12.1. The number of methoxy groups -OCH3 is 1. The molecule has 0 aromatic heterocycles. The maximum absolute atomic E-state index is 12.1. The van der Waals surface area contributed by atoms with Gasteiger partial charge in [0.05, 0.1) is 6.10 Å². The van der Waals surface area contributed by atoms with E-state index in [1.54, 1.807) is 7.11 Å². The van der Waals surface area contributed by atoms with Crippen molar-refractivity contribution in [3.8, 4) is 0 Å². The zero-order valence-electron chi connectivity index (χ0n) is 10.9. The molecule has 17 heavy (non-hydrogen) atoms. The number of nitrogens with one attached hydrogen (secondary N) is 1. The molecule has 5 heteroatoms. The summed E-state index contributed by atoms with van der Waals surface area (Å²) in [6.45, 7) is 4.84. The van der Waals surface area contributed by atoms with Crippen molar-refractivity contribution in [2.45, 2.75) is 64.3 Å². The second-order valence-corrected chi connectivity index (χ2v) is 4.25. The summed E-state index contributed by atoms with van der Waals surface area (Å²) in [5.41, 5.74) is 0. The number of hydrogen-bond donors (Lipinski definition) is 1. The number of halogens is 3. The van der Waals surface area contributed by atoms with Crippen LogP contribution in [0.4, 0.5) is 13.2 Å². The molecule has 2 nitrogen and oxygen atoms in total. The van der Waals surface area contributed by atoms with E-state index in [0.29, 0.717) is 6.42 Å². The summed E-state index contributed by atoms with van der Waals surface area (Å²) in [4.78, 5) is 0. The van der Waals surface area contributed by atoms with Gasteiger partial charge in [-0.2, -0.15) is 13.2 Å². The van der Waals surface area contributed by atoms with Crippen molar-refractivity contribution in [1.29, 1.82) is 0 Å². The number of hydrogen-bond acceptors (Lipinski definition) is 2. The predicted molar refractivity (Wildman–Crippen MR) is 63.1 cm³/mol. The third kappa shape index (κ3) is 8.44. The van der Waals surface area contributed by atoms with Gasteiger partial charge in [0.25, 0.3) is 0 Å². The summed E-state index contributed by atoms with van der Waals surface area (Å²) in [6, 6.07) is 0.0206. The van der Waals surface area contributed by atoms with Gasteiger partial charge in [-0.15, -0.1) is 0 Å². The molecule has 0 aliphatic rings. The maximum Gasteiger partial charge on any atom is 0.389 e. The zero-order valence-corrected chi connectivity index (χ0v) is 10.9. The van der Waals surface area contributed by atoms with E-state index < -0.39 is 12.6 Å². The molecule has 104 valence electrons. The van der Waals surface area contributed by atoms with Crippen LogP contribution in [0.3, 0.4) is 0 Å². The SMILES string of the molecule is CCCNC(CCCC(F)(F)F)C(CC)OC. The molecule has 0 aromatic rings. The molecule has 0 fully saturated rings. The predicted octanol–water partition coefficient (Wildman–Crippen LogP) is 3.51. The van der Waals surface area contributed by atoms with Crippen molar-refractivity contribution in [3.63, 3.8) is 0 Å². The van der Waals surface area contributed by atoms with E-state index in [0.717, 1.165) is 19.4 Å². The summed E-state index contributed by atoms with van der Waals surface area (Å²) in [6.07, 6.45) is -2.33. The van der Waals surface area contributed by atoms with Crippen molar-refractivity contribution >= 4 is 0 Å². The van der Waals surface area contributed by atoms with Crippen molar-refractivity contribution < 1.29 is 17.9 Å². The topological polar surface area (TPSA) is 21.3 Å². The molecule has 0 aromatic carbocycles. The molecule has 0 spiro atoms. The van der Waals surface area contributed by atoms with Gasteiger partial charge >= 0.3 is 6.18 Å². The van der Waals surface area contributed by atoms with E-state index in [-0.39, 0.29) is 18.6 Å². The number of alkyl halides is 3. The second kappa shape index (κ2) is 8.75. The molecular weight excluding hydrogens is 231 g/mol. The lowest BCUT2D eigenvalue weighted by Gasteiger charge is -2.26. The fraction of sp³-hybridized carbons (Fsp3) is 1.00. The Hall–Kier alpha value is -0.290. The fourth-order valence-corrected chi connectivity index (χ4v) is 1.89. The standard InChI is InChI=1S/C12H24F3NO/c1-4-9-16-10(11(5-2)17-3)7-6-8-12(13,14)15/h10-11,16H,4-9H2,1-3H3.